The van der Waals surface area contributed by atoms with Crippen molar-refractivity contribution in [2.24, 2.45) is 5.92 Å². The summed E-state index contributed by atoms with van der Waals surface area (Å²) in [6.07, 6.45) is 5.09. The molecule has 0 saturated carbocycles. The summed E-state index contributed by atoms with van der Waals surface area (Å²) in [6.45, 7) is 7.03. The number of likely N-dealkylation sites (tertiary alicyclic amines) is 1. The molecule has 0 N–H and O–H groups in total. The van der Waals surface area contributed by atoms with Crippen molar-refractivity contribution in [2.75, 3.05) is 19.6 Å². The van der Waals surface area contributed by atoms with Crippen LogP contribution in [0.3, 0.4) is 0 Å². The van der Waals surface area contributed by atoms with Crippen LogP contribution < -0.4 is 0 Å². The summed E-state index contributed by atoms with van der Waals surface area (Å²) in [7, 11) is 0. The van der Waals surface area contributed by atoms with Gasteiger partial charge in [0.1, 0.15) is 0 Å². The monoisotopic (exact) mass is 259 g/mol. The molecule has 1 aliphatic rings. The van der Waals surface area contributed by atoms with E-state index in [0.717, 1.165) is 30.1 Å². The van der Waals surface area contributed by atoms with Gasteiger partial charge in [-0.1, -0.05) is 37.6 Å². The zero-order valence-corrected chi connectivity index (χ0v) is 12.2. The van der Waals surface area contributed by atoms with Gasteiger partial charge in [-0.05, 0) is 50.8 Å². The molecule has 2 heteroatoms. The fourth-order valence-electron chi connectivity index (χ4n) is 2.97. The highest BCUT2D eigenvalue weighted by Gasteiger charge is 2.18. The molecule has 19 heavy (non-hydrogen) atoms. The van der Waals surface area contributed by atoms with Crippen molar-refractivity contribution in [1.82, 2.24) is 4.90 Å². The molecule has 104 valence electrons. The van der Waals surface area contributed by atoms with Crippen LogP contribution in [-0.2, 0) is 0 Å². The SMILES string of the molecule is CCC1CCCN(CC(=O)c2ccccc2C)CC1. The van der Waals surface area contributed by atoms with Crippen molar-refractivity contribution >= 4 is 5.78 Å². The fourth-order valence-corrected chi connectivity index (χ4v) is 2.97. The second kappa shape index (κ2) is 6.85. The molecule has 0 spiro atoms. The van der Waals surface area contributed by atoms with Gasteiger partial charge in [0.25, 0.3) is 0 Å². The molecule has 1 aromatic carbocycles. The summed E-state index contributed by atoms with van der Waals surface area (Å²) in [5.74, 6) is 1.13. The van der Waals surface area contributed by atoms with E-state index in [1.54, 1.807) is 0 Å². The Morgan fingerprint density at radius 3 is 2.79 bits per heavy atom. The van der Waals surface area contributed by atoms with E-state index >= 15 is 0 Å². The van der Waals surface area contributed by atoms with E-state index < -0.39 is 0 Å². The Labute approximate surface area is 116 Å². The number of carbonyl (C=O) groups excluding carboxylic acids is 1. The molecule has 1 atom stereocenters. The Morgan fingerprint density at radius 2 is 2.05 bits per heavy atom. The normalized spacial score (nSPS) is 21.1. The number of aryl methyl sites for hydroxylation is 1. The van der Waals surface area contributed by atoms with Crippen LogP contribution in [0.25, 0.3) is 0 Å². The first-order valence-electron chi connectivity index (χ1n) is 7.52. The lowest BCUT2D eigenvalue weighted by molar-refractivity contribution is 0.0931. The van der Waals surface area contributed by atoms with Crippen molar-refractivity contribution < 1.29 is 4.79 Å². The van der Waals surface area contributed by atoms with E-state index in [4.69, 9.17) is 0 Å². The van der Waals surface area contributed by atoms with Gasteiger partial charge in [0, 0.05) is 5.56 Å². The van der Waals surface area contributed by atoms with E-state index in [1.807, 2.05) is 31.2 Å². The Balaban J connectivity index is 1.94. The predicted molar refractivity (Wildman–Crippen MR) is 79.6 cm³/mol. The zero-order chi connectivity index (χ0) is 13.7. The molecule has 1 fully saturated rings. The van der Waals surface area contributed by atoms with Gasteiger partial charge >= 0.3 is 0 Å². The summed E-state index contributed by atoms with van der Waals surface area (Å²) < 4.78 is 0. The van der Waals surface area contributed by atoms with Crippen molar-refractivity contribution in [3.63, 3.8) is 0 Å². The van der Waals surface area contributed by atoms with Crippen LogP contribution in [0.15, 0.2) is 24.3 Å². The highest BCUT2D eigenvalue weighted by molar-refractivity contribution is 5.98. The van der Waals surface area contributed by atoms with Crippen LogP contribution in [-0.4, -0.2) is 30.3 Å². The number of ketones is 1. The maximum Gasteiger partial charge on any atom is 0.177 e. The minimum atomic E-state index is 0.271. The van der Waals surface area contributed by atoms with E-state index in [-0.39, 0.29) is 5.78 Å². The van der Waals surface area contributed by atoms with E-state index in [9.17, 15) is 4.79 Å². The summed E-state index contributed by atoms with van der Waals surface area (Å²) in [4.78, 5) is 14.7. The number of hydrogen-bond acceptors (Lipinski definition) is 2. The van der Waals surface area contributed by atoms with E-state index in [2.05, 4.69) is 11.8 Å². The summed E-state index contributed by atoms with van der Waals surface area (Å²) in [5.41, 5.74) is 1.98. The lowest BCUT2D eigenvalue weighted by Crippen LogP contribution is -2.31. The molecular formula is C17H25NO. The molecule has 0 aromatic heterocycles. The largest absolute Gasteiger partial charge is 0.296 e. The minimum absolute atomic E-state index is 0.271. The quantitative estimate of drug-likeness (QED) is 0.769. The fraction of sp³-hybridized carbons (Fsp3) is 0.588. The molecule has 1 saturated heterocycles. The van der Waals surface area contributed by atoms with Gasteiger partial charge in [-0.2, -0.15) is 0 Å². The molecule has 0 radical (unpaired) electrons. The third-order valence-electron chi connectivity index (χ3n) is 4.33. The van der Waals surface area contributed by atoms with Crippen LogP contribution in [0, 0.1) is 12.8 Å². The van der Waals surface area contributed by atoms with Gasteiger partial charge in [-0.3, -0.25) is 9.69 Å². The number of benzene rings is 1. The molecule has 2 nitrogen and oxygen atoms in total. The van der Waals surface area contributed by atoms with Gasteiger partial charge in [-0.15, -0.1) is 0 Å². The first-order valence-corrected chi connectivity index (χ1v) is 7.52. The van der Waals surface area contributed by atoms with Gasteiger partial charge in [-0.25, -0.2) is 0 Å². The third kappa shape index (κ3) is 3.90. The molecule has 0 amide bonds. The molecule has 1 heterocycles. The second-order valence-electron chi connectivity index (χ2n) is 5.72. The molecule has 0 bridgehead atoms. The summed E-state index contributed by atoms with van der Waals surface area (Å²) in [6, 6.07) is 7.91. The Morgan fingerprint density at radius 1 is 1.26 bits per heavy atom. The average molecular weight is 259 g/mol. The molecule has 1 aliphatic heterocycles. The number of carbonyl (C=O) groups is 1. The maximum absolute atomic E-state index is 12.4. The Kier molecular flexibility index (Phi) is 5.15. The first-order chi connectivity index (χ1) is 9.20. The van der Waals surface area contributed by atoms with Crippen molar-refractivity contribution in [3.8, 4) is 0 Å². The number of Topliss-reactive ketones (excluding diaryl/α,β-unsaturated/α-hetero) is 1. The first kappa shape index (κ1) is 14.3. The van der Waals surface area contributed by atoms with Crippen molar-refractivity contribution in [1.29, 1.82) is 0 Å². The smallest absolute Gasteiger partial charge is 0.177 e. The van der Waals surface area contributed by atoms with Gasteiger partial charge < -0.3 is 0 Å². The predicted octanol–water partition coefficient (Wildman–Crippen LogP) is 3.69. The van der Waals surface area contributed by atoms with Crippen LogP contribution >= 0.6 is 0 Å². The van der Waals surface area contributed by atoms with E-state index in [1.165, 1.54) is 25.7 Å². The topological polar surface area (TPSA) is 20.3 Å². The maximum atomic E-state index is 12.4. The molecule has 0 aliphatic carbocycles. The average Bonchev–Trinajstić information content (AvgIpc) is 2.64. The van der Waals surface area contributed by atoms with Crippen LogP contribution in [0.2, 0.25) is 0 Å². The number of rotatable bonds is 4. The van der Waals surface area contributed by atoms with Gasteiger partial charge in [0.2, 0.25) is 0 Å². The van der Waals surface area contributed by atoms with Gasteiger partial charge in [0.15, 0.2) is 5.78 Å². The molecule has 1 unspecified atom stereocenters. The van der Waals surface area contributed by atoms with Crippen LogP contribution in [0.4, 0.5) is 0 Å². The third-order valence-corrected chi connectivity index (χ3v) is 4.33. The van der Waals surface area contributed by atoms with Crippen LogP contribution in [0.5, 0.6) is 0 Å². The molecule has 2 rings (SSSR count). The van der Waals surface area contributed by atoms with Crippen molar-refractivity contribution in [2.45, 2.75) is 39.5 Å². The zero-order valence-electron chi connectivity index (χ0n) is 12.2. The minimum Gasteiger partial charge on any atom is -0.296 e. The summed E-state index contributed by atoms with van der Waals surface area (Å²) in [5, 5.41) is 0. The van der Waals surface area contributed by atoms with Gasteiger partial charge in [0.05, 0.1) is 6.54 Å². The standard InChI is InChI=1S/C17H25NO/c1-3-15-8-6-11-18(12-10-15)13-17(19)16-9-5-4-7-14(16)2/h4-5,7,9,15H,3,6,8,10-13H2,1-2H3. The number of hydrogen-bond donors (Lipinski definition) is 0. The number of nitrogens with zero attached hydrogens (tertiary/aromatic N) is 1. The highest BCUT2D eigenvalue weighted by Crippen LogP contribution is 2.20. The Bertz CT molecular complexity index is 427. The van der Waals surface area contributed by atoms with E-state index in [0.29, 0.717) is 6.54 Å². The lowest BCUT2D eigenvalue weighted by atomic mass is 9.98. The lowest BCUT2D eigenvalue weighted by Gasteiger charge is -2.19. The van der Waals surface area contributed by atoms with Crippen LogP contribution in [0.1, 0.15) is 48.5 Å². The van der Waals surface area contributed by atoms with Crippen molar-refractivity contribution in [3.05, 3.63) is 35.4 Å². The Hall–Kier alpha value is -1.15. The second-order valence-corrected chi connectivity index (χ2v) is 5.72. The highest BCUT2D eigenvalue weighted by atomic mass is 16.1. The summed E-state index contributed by atoms with van der Waals surface area (Å²) >= 11 is 0. The molecular weight excluding hydrogens is 234 g/mol. The molecule has 1 aromatic rings.